The molecule has 0 saturated carbocycles. The fourth-order valence-electron chi connectivity index (χ4n) is 3.14. The van der Waals surface area contributed by atoms with Crippen molar-refractivity contribution in [2.24, 2.45) is 0 Å². The first-order valence-corrected chi connectivity index (χ1v) is 7.89. The van der Waals surface area contributed by atoms with Crippen LogP contribution in [0.5, 0.6) is 0 Å². The van der Waals surface area contributed by atoms with Gasteiger partial charge in [-0.3, -0.25) is 0 Å². The van der Waals surface area contributed by atoms with Gasteiger partial charge in [-0.25, -0.2) is 0 Å². The maximum Gasteiger partial charge on any atom is 0.0295 e. The Morgan fingerprint density at radius 3 is 2.40 bits per heavy atom. The van der Waals surface area contributed by atoms with Gasteiger partial charge in [0.1, 0.15) is 0 Å². The molecule has 0 bridgehead atoms. The van der Waals surface area contributed by atoms with E-state index in [2.05, 4.69) is 61.1 Å². The highest BCUT2D eigenvalue weighted by molar-refractivity contribution is 5.29. The van der Waals surface area contributed by atoms with Crippen LogP contribution in [0.2, 0.25) is 0 Å². The lowest BCUT2D eigenvalue weighted by Crippen LogP contribution is -2.41. The van der Waals surface area contributed by atoms with Gasteiger partial charge in [-0.15, -0.1) is 6.58 Å². The van der Waals surface area contributed by atoms with Gasteiger partial charge >= 0.3 is 0 Å². The van der Waals surface area contributed by atoms with E-state index in [1.165, 1.54) is 37.1 Å². The van der Waals surface area contributed by atoms with E-state index in [1.54, 1.807) is 0 Å². The van der Waals surface area contributed by atoms with Crippen molar-refractivity contribution in [3.8, 4) is 0 Å². The van der Waals surface area contributed by atoms with E-state index in [0.717, 1.165) is 13.0 Å². The van der Waals surface area contributed by atoms with Crippen LogP contribution in [0, 0.1) is 0 Å². The Hall–Kier alpha value is -1.12. The molecule has 2 heteroatoms. The van der Waals surface area contributed by atoms with Gasteiger partial charge in [0, 0.05) is 18.5 Å². The van der Waals surface area contributed by atoms with Crippen molar-refractivity contribution in [3.05, 3.63) is 48.0 Å². The third-order valence-electron chi connectivity index (χ3n) is 4.48. The molecular weight excluding hydrogens is 244 g/mol. The van der Waals surface area contributed by atoms with Crippen LogP contribution in [0.15, 0.2) is 36.9 Å². The summed E-state index contributed by atoms with van der Waals surface area (Å²) in [4.78, 5) is 2.57. The molecule has 2 nitrogen and oxygen atoms in total. The summed E-state index contributed by atoms with van der Waals surface area (Å²) < 4.78 is 0. The Labute approximate surface area is 123 Å². The van der Waals surface area contributed by atoms with Crippen LogP contribution in [0.4, 0.5) is 0 Å². The molecule has 2 atom stereocenters. The topological polar surface area (TPSA) is 15.3 Å². The highest BCUT2D eigenvalue weighted by Crippen LogP contribution is 2.23. The summed E-state index contributed by atoms with van der Waals surface area (Å²) in [5.41, 5.74) is 2.77. The molecule has 1 aromatic carbocycles. The van der Waals surface area contributed by atoms with Crippen molar-refractivity contribution >= 4 is 0 Å². The number of hydrogen-bond donors (Lipinski definition) is 1. The van der Waals surface area contributed by atoms with Gasteiger partial charge in [0.05, 0.1) is 0 Å². The second kappa shape index (κ2) is 7.61. The smallest absolute Gasteiger partial charge is 0.0295 e. The summed E-state index contributed by atoms with van der Waals surface area (Å²) in [7, 11) is 2.07. The summed E-state index contributed by atoms with van der Waals surface area (Å²) >= 11 is 0. The molecule has 0 aromatic heterocycles. The van der Waals surface area contributed by atoms with Crippen molar-refractivity contribution < 1.29 is 0 Å². The van der Waals surface area contributed by atoms with E-state index in [9.17, 15) is 0 Å². The van der Waals surface area contributed by atoms with Crippen molar-refractivity contribution in [1.29, 1.82) is 0 Å². The number of aryl methyl sites for hydroxylation is 1. The van der Waals surface area contributed by atoms with Gasteiger partial charge in [0.25, 0.3) is 0 Å². The molecule has 20 heavy (non-hydrogen) atoms. The Bertz CT molecular complexity index is 404. The fraction of sp³-hybridized carbons (Fsp3) is 0.556. The summed E-state index contributed by atoms with van der Waals surface area (Å²) in [5, 5.41) is 3.49. The Balaban J connectivity index is 2.08. The normalized spacial score (nSPS) is 18.9. The third-order valence-corrected chi connectivity index (χ3v) is 4.48. The maximum absolute atomic E-state index is 4.06. The quantitative estimate of drug-likeness (QED) is 0.767. The van der Waals surface area contributed by atoms with Crippen molar-refractivity contribution in [3.63, 3.8) is 0 Å². The minimum Gasteiger partial charge on any atom is -0.315 e. The predicted octanol–water partition coefficient (Wildman–Crippen LogP) is 3.20. The molecule has 2 rings (SSSR count). The van der Waals surface area contributed by atoms with Crippen LogP contribution in [0.25, 0.3) is 0 Å². The predicted molar refractivity (Wildman–Crippen MR) is 87.3 cm³/mol. The molecule has 1 saturated heterocycles. The summed E-state index contributed by atoms with van der Waals surface area (Å²) in [5.74, 6) is 0.381. The number of nitrogens with one attached hydrogen (secondary N) is 1. The number of hydrogen-bond acceptors (Lipinski definition) is 2. The van der Waals surface area contributed by atoms with Crippen LogP contribution < -0.4 is 5.32 Å². The first kappa shape index (κ1) is 15.3. The van der Waals surface area contributed by atoms with Gasteiger partial charge in [-0.05, 0) is 50.5 Å². The summed E-state index contributed by atoms with van der Waals surface area (Å²) in [6.45, 7) is 9.87. The van der Waals surface area contributed by atoms with Gasteiger partial charge in [0.15, 0.2) is 0 Å². The zero-order valence-electron chi connectivity index (χ0n) is 12.9. The molecule has 1 aliphatic heterocycles. The third kappa shape index (κ3) is 3.71. The highest BCUT2D eigenvalue weighted by atomic mass is 15.2. The van der Waals surface area contributed by atoms with Gasteiger partial charge in [-0.1, -0.05) is 37.3 Å². The lowest BCUT2D eigenvalue weighted by molar-refractivity contribution is 0.287. The van der Waals surface area contributed by atoms with Crippen molar-refractivity contribution in [2.45, 2.75) is 38.1 Å². The van der Waals surface area contributed by atoms with E-state index >= 15 is 0 Å². The molecule has 0 radical (unpaired) electrons. The molecule has 1 N–H and O–H groups in total. The molecule has 1 heterocycles. The van der Waals surface area contributed by atoms with Crippen molar-refractivity contribution in [2.75, 3.05) is 26.7 Å². The SMILES string of the molecule is C=CC(c1ccc(CC)cc1)C(CN1CCCC1)NC. The average Bonchev–Trinajstić information content (AvgIpc) is 3.00. The number of rotatable bonds is 7. The minimum atomic E-state index is 0.381. The van der Waals surface area contributed by atoms with Crippen LogP contribution in [-0.4, -0.2) is 37.6 Å². The lowest BCUT2D eigenvalue weighted by atomic mass is 9.90. The fourth-order valence-corrected chi connectivity index (χ4v) is 3.14. The molecule has 110 valence electrons. The molecule has 0 aliphatic carbocycles. The lowest BCUT2D eigenvalue weighted by Gasteiger charge is -2.29. The molecule has 1 aliphatic rings. The number of likely N-dealkylation sites (tertiary alicyclic amines) is 1. The standard InChI is InChI=1S/C18H28N2/c1-4-15-8-10-16(11-9-15)17(5-2)18(19-3)14-20-12-6-7-13-20/h5,8-11,17-19H,2,4,6-7,12-14H2,1,3H3. The largest absolute Gasteiger partial charge is 0.315 e. The first-order valence-electron chi connectivity index (χ1n) is 7.89. The van der Waals surface area contributed by atoms with Crippen LogP contribution in [0.3, 0.4) is 0 Å². The zero-order chi connectivity index (χ0) is 14.4. The monoisotopic (exact) mass is 272 g/mol. The van der Waals surface area contributed by atoms with E-state index < -0.39 is 0 Å². The van der Waals surface area contributed by atoms with Gasteiger partial charge < -0.3 is 10.2 Å². The number of nitrogens with zero attached hydrogens (tertiary/aromatic N) is 1. The van der Waals surface area contributed by atoms with Gasteiger partial charge in [0.2, 0.25) is 0 Å². The Morgan fingerprint density at radius 1 is 1.25 bits per heavy atom. The summed E-state index contributed by atoms with van der Waals surface area (Å²) in [6.07, 6.45) is 5.89. The van der Waals surface area contributed by atoms with Crippen molar-refractivity contribution in [1.82, 2.24) is 10.2 Å². The Morgan fingerprint density at radius 2 is 1.90 bits per heavy atom. The molecule has 0 amide bonds. The molecule has 0 spiro atoms. The van der Waals surface area contributed by atoms with Crippen LogP contribution in [-0.2, 0) is 6.42 Å². The number of benzene rings is 1. The Kier molecular flexibility index (Phi) is 5.81. The molecular formula is C18H28N2. The van der Waals surface area contributed by atoms with E-state index in [4.69, 9.17) is 0 Å². The minimum absolute atomic E-state index is 0.381. The van der Waals surface area contributed by atoms with E-state index in [0.29, 0.717) is 12.0 Å². The van der Waals surface area contributed by atoms with E-state index in [1.807, 2.05) is 0 Å². The van der Waals surface area contributed by atoms with E-state index in [-0.39, 0.29) is 0 Å². The molecule has 1 aromatic rings. The second-order valence-electron chi connectivity index (χ2n) is 5.76. The van der Waals surface area contributed by atoms with Gasteiger partial charge in [-0.2, -0.15) is 0 Å². The zero-order valence-corrected chi connectivity index (χ0v) is 12.9. The summed E-state index contributed by atoms with van der Waals surface area (Å²) in [6, 6.07) is 9.46. The first-order chi connectivity index (χ1) is 9.78. The number of likely N-dealkylation sites (N-methyl/N-ethyl adjacent to an activating group) is 1. The molecule has 1 fully saturated rings. The molecule has 2 unspecified atom stereocenters. The van der Waals surface area contributed by atoms with Crippen LogP contribution in [0.1, 0.15) is 36.8 Å². The second-order valence-corrected chi connectivity index (χ2v) is 5.76. The van der Waals surface area contributed by atoms with Crippen LogP contribution >= 0.6 is 0 Å². The maximum atomic E-state index is 4.06. The average molecular weight is 272 g/mol. The highest BCUT2D eigenvalue weighted by Gasteiger charge is 2.23.